The molecular weight excluding hydrogens is 1330 g/mol. The molecule has 4 heterocycles. The Hall–Kier alpha value is -3.54. The summed E-state index contributed by atoms with van der Waals surface area (Å²) < 4.78 is 63.6. The van der Waals surface area contributed by atoms with Gasteiger partial charge < -0.3 is 114 Å². The Bertz CT molecular complexity index is 2600. The van der Waals surface area contributed by atoms with Crippen LogP contribution in [0.4, 0.5) is 0 Å². The summed E-state index contributed by atoms with van der Waals surface area (Å²) in [5.41, 5.74) is 0. The minimum absolute atomic E-state index is 0.0165. The lowest BCUT2D eigenvalue weighted by Crippen LogP contribution is -2.67. The standard InChI is InChI=1S/C73H123N3O26/c1-8-44-31-46(33-50(65(44)102-73-63(89)61(87)58(84)40(6)95-73)98-71-56(76-41(7)79)67(60(86)54(36-78)100-71)96-52(69(91)92)30-43-20-14-11-15-21-43)49(81)23-17-27-74-55(82)25-24-48(80)22-16-28-75-68(90)47-32-45(9-2)66(101-72-62(88)57(83)37(3)39(5)94-72)51(34-47)97-70-38(4)64(59(85)53(35-77)99-70)93-29-26-42-18-12-10-13-19-42/h37-40,42-47,50-54,56-67,70-73,77-78,83-89H,8-36H2,1-7H3,(H,74,82)(H,75,90)(H,76,79)(H,91,92)/t37-,38-,39+,40+,44+,45+,46-,47?,50-,51-,52+,53-,54-,56-,57-,58-,59+,60+,61-,62+,63+,64-,65-,66-,67-,70-,71-,72+,73+/m1/s1. The first kappa shape index (κ1) is 84.1. The molecule has 0 aromatic rings. The second-order valence-corrected chi connectivity index (χ2v) is 30.6. The van der Waals surface area contributed by atoms with Gasteiger partial charge in [-0.3, -0.25) is 24.0 Å². The Morgan fingerprint density at radius 3 is 1.66 bits per heavy atom. The second-order valence-electron chi connectivity index (χ2n) is 30.6. The highest BCUT2D eigenvalue weighted by molar-refractivity contribution is 5.85. The van der Waals surface area contributed by atoms with Gasteiger partial charge in [0.15, 0.2) is 31.3 Å². The van der Waals surface area contributed by atoms with Gasteiger partial charge in [-0.15, -0.1) is 0 Å². The zero-order chi connectivity index (χ0) is 74.1. The van der Waals surface area contributed by atoms with Crippen LogP contribution in [0.25, 0.3) is 0 Å². The summed E-state index contributed by atoms with van der Waals surface area (Å²) in [6.07, 6.45) is -13.0. The van der Waals surface area contributed by atoms with Gasteiger partial charge in [0, 0.05) is 76.0 Å². The van der Waals surface area contributed by atoms with E-state index < -0.39 is 196 Å². The van der Waals surface area contributed by atoms with E-state index in [-0.39, 0.29) is 106 Å². The van der Waals surface area contributed by atoms with Crippen molar-refractivity contribution in [3.63, 3.8) is 0 Å². The summed E-state index contributed by atoms with van der Waals surface area (Å²) in [4.78, 5) is 80.5. The molecule has 0 aromatic carbocycles. The summed E-state index contributed by atoms with van der Waals surface area (Å²) in [5, 5.41) is 117. The minimum Gasteiger partial charge on any atom is -0.479 e. The largest absolute Gasteiger partial charge is 0.479 e. The number of carboxylic acids is 1. The van der Waals surface area contributed by atoms with Gasteiger partial charge in [-0.2, -0.15) is 0 Å². The number of nitrogens with one attached hydrogen (secondary N) is 3. The fraction of sp³-hybridized carbons (Fsp3) is 0.918. The maximum atomic E-state index is 14.3. The van der Waals surface area contributed by atoms with Crippen molar-refractivity contribution in [1.29, 1.82) is 0 Å². The molecule has 0 bridgehead atoms. The van der Waals surface area contributed by atoms with Crippen LogP contribution in [0.3, 0.4) is 0 Å². The van der Waals surface area contributed by atoms with Gasteiger partial charge in [0.05, 0.1) is 62.0 Å². The van der Waals surface area contributed by atoms with Gasteiger partial charge >= 0.3 is 5.97 Å². The monoisotopic (exact) mass is 1460 g/mol. The van der Waals surface area contributed by atoms with Crippen LogP contribution < -0.4 is 16.0 Å². The van der Waals surface area contributed by atoms with Crippen LogP contribution in [0.5, 0.6) is 0 Å². The number of carbonyl (C=O) groups is 6. The Morgan fingerprint density at radius 2 is 1.06 bits per heavy atom. The lowest BCUT2D eigenvalue weighted by molar-refractivity contribution is -0.338. The minimum atomic E-state index is -1.71. The van der Waals surface area contributed by atoms with E-state index in [0.717, 1.165) is 51.4 Å². The lowest BCUT2D eigenvalue weighted by atomic mass is 9.74. The van der Waals surface area contributed by atoms with Gasteiger partial charge in [-0.25, -0.2) is 4.79 Å². The lowest BCUT2D eigenvalue weighted by Gasteiger charge is -2.49. The highest BCUT2D eigenvalue weighted by atomic mass is 16.7. The summed E-state index contributed by atoms with van der Waals surface area (Å²) in [6, 6.07) is -1.37. The molecule has 1 unspecified atom stereocenters. The van der Waals surface area contributed by atoms with E-state index in [2.05, 4.69) is 16.0 Å². The van der Waals surface area contributed by atoms with E-state index in [0.29, 0.717) is 38.2 Å². The van der Waals surface area contributed by atoms with Gasteiger partial charge in [0.2, 0.25) is 17.7 Å². The molecule has 8 aliphatic rings. The highest BCUT2D eigenvalue weighted by Crippen LogP contribution is 2.44. The first-order valence-electron chi connectivity index (χ1n) is 38.3. The van der Waals surface area contributed by atoms with E-state index in [1.54, 1.807) is 13.8 Å². The molecule has 4 saturated carbocycles. The number of hydrogen-bond acceptors (Lipinski definition) is 25. The van der Waals surface area contributed by atoms with Gasteiger partial charge in [-0.1, -0.05) is 105 Å². The SMILES string of the molecule is CC[C@H]1CC(C(=O)NCCCC(=O)CCC(=O)NCCCC(=O)[C@@H]2C[C@H](CC)[C@@H](O[C@@H]3O[C@@H](C)[C@@H](O)[C@@H](O)[C@@H]3O)[C@H](O[C@@H]3O[C@H](CO)[C@H](O)[C@H](O[C@@H](CC4CCCCC4)C(=O)O)[C@H]3NC(C)=O)C2)C[C@@H](O[C@@H]2O[C@H](CO)[C@H](O)[C@H](OCCC3CCCCC3)[C@H]2C)[C@@H]1O[C@@H]1O[C@@H](C)[C@@H](C)[C@@H](O)[C@@H]1O. The molecular formula is C73H123N3O26. The molecule has 0 spiro atoms. The third-order valence-electron chi connectivity index (χ3n) is 23.3. The number of aliphatic hydroxyl groups excluding tert-OH is 9. The normalized spacial score (nSPS) is 39.8. The molecule has 102 heavy (non-hydrogen) atoms. The maximum Gasteiger partial charge on any atom is 0.332 e. The molecule has 4 aliphatic heterocycles. The number of rotatable bonds is 35. The average Bonchev–Trinajstić information content (AvgIpc) is 0.783. The number of amides is 3. The topological polar surface area (TPSA) is 433 Å². The molecule has 8 fully saturated rings. The van der Waals surface area contributed by atoms with Crippen molar-refractivity contribution in [1.82, 2.24) is 16.0 Å². The third-order valence-corrected chi connectivity index (χ3v) is 23.3. The van der Waals surface area contributed by atoms with Crippen LogP contribution in [-0.2, 0) is 76.1 Å². The van der Waals surface area contributed by atoms with Crippen LogP contribution in [0, 0.1) is 47.3 Å². The fourth-order valence-corrected chi connectivity index (χ4v) is 16.7. The van der Waals surface area contributed by atoms with E-state index in [1.165, 1.54) is 33.1 Å². The van der Waals surface area contributed by atoms with Crippen LogP contribution in [-0.4, -0.2) is 260 Å². The van der Waals surface area contributed by atoms with Crippen molar-refractivity contribution in [2.75, 3.05) is 32.9 Å². The van der Waals surface area contributed by atoms with Crippen molar-refractivity contribution >= 4 is 35.3 Å². The highest BCUT2D eigenvalue weighted by Gasteiger charge is 2.55. The van der Waals surface area contributed by atoms with Gasteiger partial charge in [0.1, 0.15) is 72.5 Å². The number of aliphatic carboxylic acids is 1. The first-order valence-corrected chi connectivity index (χ1v) is 38.3. The van der Waals surface area contributed by atoms with Crippen LogP contribution in [0.15, 0.2) is 0 Å². The molecule has 8 rings (SSSR count). The molecule has 3 amide bonds. The zero-order valence-electron chi connectivity index (χ0n) is 60.9. The van der Waals surface area contributed by atoms with Gasteiger partial charge in [0.25, 0.3) is 0 Å². The van der Waals surface area contributed by atoms with E-state index in [1.807, 2.05) is 20.8 Å². The maximum absolute atomic E-state index is 14.3. The Balaban J connectivity index is 0.836. The summed E-state index contributed by atoms with van der Waals surface area (Å²) >= 11 is 0. The number of carbonyl (C=O) groups excluding carboxylic acids is 5. The number of Topliss-reactive ketones (excluding diaryl/α,β-unsaturated/α-hetero) is 2. The van der Waals surface area contributed by atoms with Crippen molar-refractivity contribution in [3.05, 3.63) is 0 Å². The van der Waals surface area contributed by atoms with Crippen molar-refractivity contribution in [2.24, 2.45) is 47.3 Å². The van der Waals surface area contributed by atoms with Crippen LogP contribution >= 0.6 is 0 Å². The molecule has 0 aromatic heterocycles. The summed E-state index contributed by atoms with van der Waals surface area (Å²) in [5.74, 6) is -5.31. The fourth-order valence-electron chi connectivity index (χ4n) is 16.7. The van der Waals surface area contributed by atoms with Crippen LogP contribution in [0.2, 0.25) is 0 Å². The number of ketones is 2. The predicted molar refractivity (Wildman–Crippen MR) is 363 cm³/mol. The van der Waals surface area contributed by atoms with Crippen molar-refractivity contribution in [2.45, 2.75) is 344 Å². The average molecular weight is 1460 g/mol. The predicted octanol–water partition coefficient (Wildman–Crippen LogP) is 2.50. The summed E-state index contributed by atoms with van der Waals surface area (Å²) in [7, 11) is 0. The number of aliphatic hydroxyl groups is 9. The van der Waals surface area contributed by atoms with Crippen LogP contribution in [0.1, 0.15) is 203 Å². The number of carboxylic acid groups (broad SMARTS) is 1. The molecule has 29 heteroatoms. The molecule has 29 atom stereocenters. The number of hydrogen-bond donors (Lipinski definition) is 13. The molecule has 4 saturated heterocycles. The third kappa shape index (κ3) is 22.5. The molecule has 0 radical (unpaired) electrons. The quantitative estimate of drug-likeness (QED) is 0.0405. The Kier molecular flexibility index (Phi) is 33.5. The first-order chi connectivity index (χ1) is 48.7. The van der Waals surface area contributed by atoms with Crippen molar-refractivity contribution in [3.8, 4) is 0 Å². The molecule has 29 nitrogen and oxygen atoms in total. The molecule has 4 aliphatic carbocycles. The Morgan fingerprint density at radius 1 is 0.520 bits per heavy atom. The van der Waals surface area contributed by atoms with E-state index in [4.69, 9.17) is 47.4 Å². The smallest absolute Gasteiger partial charge is 0.332 e. The molecule has 13 N–H and O–H groups in total. The van der Waals surface area contributed by atoms with E-state index >= 15 is 0 Å². The summed E-state index contributed by atoms with van der Waals surface area (Å²) in [6.45, 7) is 11.4. The zero-order valence-corrected chi connectivity index (χ0v) is 60.9. The molecule has 586 valence electrons. The van der Waals surface area contributed by atoms with E-state index in [9.17, 15) is 79.8 Å². The Labute approximate surface area is 600 Å². The van der Waals surface area contributed by atoms with Crippen molar-refractivity contribution < 1.29 is 127 Å². The van der Waals surface area contributed by atoms with Gasteiger partial charge in [-0.05, 0) is 88.9 Å². The number of ether oxygens (including phenoxy) is 10. The second kappa shape index (κ2) is 40.6.